The third-order valence-corrected chi connectivity index (χ3v) is 3.86. The predicted octanol–water partition coefficient (Wildman–Crippen LogP) is 0.518. The Bertz CT molecular complexity index is 556. The van der Waals surface area contributed by atoms with Gasteiger partial charge in [-0.05, 0) is 12.1 Å². The van der Waals surface area contributed by atoms with Crippen molar-refractivity contribution >= 4 is 18.0 Å². The summed E-state index contributed by atoms with van der Waals surface area (Å²) in [5.74, 6) is 1.58. The van der Waals surface area contributed by atoms with Gasteiger partial charge in [0.05, 0.1) is 0 Å². The first-order valence-electron chi connectivity index (χ1n) is 7.37. The van der Waals surface area contributed by atoms with Crippen LogP contribution in [0.4, 0.5) is 5.69 Å². The van der Waals surface area contributed by atoms with E-state index in [0.29, 0.717) is 39.1 Å². The standard InChI is InChI=1S/C15H19N3O4/c19-10-17-5-7-18(8-6-17)15(20)3-4-16-12-1-2-13-14(9-12)22-11-21-13/h1-2,9-10,16H,3-8,11H2. The highest BCUT2D eigenvalue weighted by Gasteiger charge is 2.19. The van der Waals surface area contributed by atoms with E-state index >= 15 is 0 Å². The normalized spacial score (nSPS) is 16.5. The van der Waals surface area contributed by atoms with Crippen molar-refractivity contribution in [2.24, 2.45) is 0 Å². The summed E-state index contributed by atoms with van der Waals surface area (Å²) in [6.07, 6.45) is 1.26. The van der Waals surface area contributed by atoms with E-state index < -0.39 is 0 Å². The van der Waals surface area contributed by atoms with Crippen molar-refractivity contribution in [3.63, 3.8) is 0 Å². The predicted molar refractivity (Wildman–Crippen MR) is 79.9 cm³/mol. The summed E-state index contributed by atoms with van der Waals surface area (Å²) in [6.45, 7) is 3.27. The zero-order chi connectivity index (χ0) is 15.4. The van der Waals surface area contributed by atoms with E-state index in [2.05, 4.69) is 5.32 Å². The molecule has 7 heteroatoms. The van der Waals surface area contributed by atoms with E-state index in [1.807, 2.05) is 18.2 Å². The smallest absolute Gasteiger partial charge is 0.231 e. The Morgan fingerprint density at radius 3 is 2.73 bits per heavy atom. The zero-order valence-corrected chi connectivity index (χ0v) is 12.3. The minimum Gasteiger partial charge on any atom is -0.454 e. The van der Waals surface area contributed by atoms with Crippen molar-refractivity contribution < 1.29 is 19.1 Å². The second-order valence-electron chi connectivity index (χ2n) is 5.27. The SMILES string of the molecule is O=CN1CCN(C(=O)CCNc2ccc3c(c2)OCO3)CC1. The highest BCUT2D eigenvalue weighted by Crippen LogP contribution is 2.34. The quantitative estimate of drug-likeness (QED) is 0.803. The highest BCUT2D eigenvalue weighted by atomic mass is 16.7. The molecule has 22 heavy (non-hydrogen) atoms. The number of anilines is 1. The van der Waals surface area contributed by atoms with Gasteiger partial charge < -0.3 is 24.6 Å². The third kappa shape index (κ3) is 3.24. The summed E-state index contributed by atoms with van der Waals surface area (Å²) in [6, 6.07) is 5.63. The summed E-state index contributed by atoms with van der Waals surface area (Å²) in [5, 5.41) is 3.21. The van der Waals surface area contributed by atoms with Crippen LogP contribution in [-0.4, -0.2) is 61.6 Å². The first kappa shape index (κ1) is 14.5. The van der Waals surface area contributed by atoms with Gasteiger partial charge in [-0.25, -0.2) is 0 Å². The van der Waals surface area contributed by atoms with Gasteiger partial charge in [-0.3, -0.25) is 9.59 Å². The van der Waals surface area contributed by atoms with E-state index in [1.165, 1.54) is 0 Å². The molecule has 1 saturated heterocycles. The summed E-state index contributed by atoms with van der Waals surface area (Å²) in [4.78, 5) is 26.2. The Hall–Kier alpha value is -2.44. The monoisotopic (exact) mass is 305 g/mol. The summed E-state index contributed by atoms with van der Waals surface area (Å²) >= 11 is 0. The molecule has 2 heterocycles. The van der Waals surface area contributed by atoms with Crippen molar-refractivity contribution in [1.29, 1.82) is 0 Å². The lowest BCUT2D eigenvalue weighted by molar-refractivity contribution is -0.134. The van der Waals surface area contributed by atoms with Gasteiger partial charge >= 0.3 is 0 Å². The van der Waals surface area contributed by atoms with Crippen molar-refractivity contribution in [2.45, 2.75) is 6.42 Å². The van der Waals surface area contributed by atoms with Gasteiger partial charge in [-0.2, -0.15) is 0 Å². The molecule has 0 radical (unpaired) electrons. The number of carbonyl (C=O) groups is 2. The molecular weight excluding hydrogens is 286 g/mol. The number of hydrogen-bond acceptors (Lipinski definition) is 5. The molecule has 0 saturated carbocycles. The van der Waals surface area contributed by atoms with Crippen LogP contribution in [0.3, 0.4) is 0 Å². The van der Waals surface area contributed by atoms with Crippen molar-refractivity contribution in [3.8, 4) is 11.5 Å². The minimum absolute atomic E-state index is 0.110. The van der Waals surface area contributed by atoms with Crippen molar-refractivity contribution in [1.82, 2.24) is 9.80 Å². The molecule has 0 unspecified atom stereocenters. The van der Waals surface area contributed by atoms with Gasteiger partial charge in [0.25, 0.3) is 0 Å². The molecule has 0 spiro atoms. The van der Waals surface area contributed by atoms with Crippen molar-refractivity contribution in [2.75, 3.05) is 44.8 Å². The van der Waals surface area contributed by atoms with Gasteiger partial charge in [0.2, 0.25) is 19.1 Å². The molecule has 0 aromatic heterocycles. The molecule has 118 valence electrons. The maximum Gasteiger partial charge on any atom is 0.231 e. The molecule has 2 aliphatic rings. The number of nitrogens with one attached hydrogen (secondary N) is 1. The second kappa shape index (κ2) is 6.55. The molecule has 1 N–H and O–H groups in total. The van der Waals surface area contributed by atoms with Gasteiger partial charge in [-0.15, -0.1) is 0 Å². The number of rotatable bonds is 5. The lowest BCUT2D eigenvalue weighted by atomic mass is 10.2. The molecule has 3 rings (SSSR count). The number of hydrogen-bond donors (Lipinski definition) is 1. The molecule has 0 bridgehead atoms. The molecule has 7 nitrogen and oxygen atoms in total. The van der Waals surface area contributed by atoms with Gasteiger partial charge in [0.15, 0.2) is 11.5 Å². The number of benzene rings is 1. The first-order chi connectivity index (χ1) is 10.8. The largest absolute Gasteiger partial charge is 0.454 e. The van der Waals surface area contributed by atoms with Crippen LogP contribution in [0.15, 0.2) is 18.2 Å². The molecule has 1 aromatic carbocycles. The van der Waals surface area contributed by atoms with Crippen LogP contribution in [0.1, 0.15) is 6.42 Å². The van der Waals surface area contributed by atoms with E-state index in [-0.39, 0.29) is 12.7 Å². The number of fused-ring (bicyclic) bond motifs is 1. The van der Waals surface area contributed by atoms with Gasteiger partial charge in [0.1, 0.15) is 0 Å². The van der Waals surface area contributed by atoms with E-state index in [4.69, 9.17) is 9.47 Å². The van der Waals surface area contributed by atoms with E-state index in [1.54, 1.807) is 9.80 Å². The average molecular weight is 305 g/mol. The lowest BCUT2D eigenvalue weighted by Crippen LogP contribution is -2.48. The topological polar surface area (TPSA) is 71.1 Å². The van der Waals surface area contributed by atoms with Crippen LogP contribution in [-0.2, 0) is 9.59 Å². The van der Waals surface area contributed by atoms with Crippen LogP contribution in [0.5, 0.6) is 11.5 Å². The molecule has 0 atom stereocenters. The van der Waals surface area contributed by atoms with Gasteiger partial charge in [-0.1, -0.05) is 0 Å². The highest BCUT2D eigenvalue weighted by molar-refractivity contribution is 5.77. The minimum atomic E-state index is 0.110. The van der Waals surface area contributed by atoms with Crippen LogP contribution < -0.4 is 14.8 Å². The number of ether oxygens (including phenoxy) is 2. The Morgan fingerprint density at radius 2 is 1.95 bits per heavy atom. The summed E-state index contributed by atoms with van der Waals surface area (Å²) in [5.41, 5.74) is 0.905. The van der Waals surface area contributed by atoms with Crippen LogP contribution in [0.2, 0.25) is 0 Å². The summed E-state index contributed by atoms with van der Waals surface area (Å²) in [7, 11) is 0. The van der Waals surface area contributed by atoms with E-state index in [9.17, 15) is 9.59 Å². The van der Waals surface area contributed by atoms with Crippen LogP contribution in [0, 0.1) is 0 Å². The maximum absolute atomic E-state index is 12.1. The zero-order valence-electron chi connectivity index (χ0n) is 12.3. The Morgan fingerprint density at radius 1 is 1.18 bits per heavy atom. The number of nitrogens with zero attached hydrogens (tertiary/aromatic N) is 2. The Labute approximate surface area is 128 Å². The first-order valence-corrected chi connectivity index (χ1v) is 7.37. The molecule has 0 aliphatic carbocycles. The fourth-order valence-electron chi connectivity index (χ4n) is 2.56. The second-order valence-corrected chi connectivity index (χ2v) is 5.27. The van der Waals surface area contributed by atoms with Crippen LogP contribution in [0.25, 0.3) is 0 Å². The summed E-state index contributed by atoms with van der Waals surface area (Å²) < 4.78 is 10.6. The fraction of sp³-hybridized carbons (Fsp3) is 0.467. The lowest BCUT2D eigenvalue weighted by Gasteiger charge is -2.32. The molecule has 1 aromatic rings. The third-order valence-electron chi connectivity index (χ3n) is 3.86. The van der Waals surface area contributed by atoms with Crippen LogP contribution >= 0.6 is 0 Å². The Kier molecular flexibility index (Phi) is 4.32. The maximum atomic E-state index is 12.1. The fourth-order valence-corrected chi connectivity index (χ4v) is 2.56. The van der Waals surface area contributed by atoms with Crippen molar-refractivity contribution in [3.05, 3.63) is 18.2 Å². The Balaban J connectivity index is 1.43. The molecule has 2 aliphatic heterocycles. The number of amides is 2. The average Bonchev–Trinajstić information content (AvgIpc) is 3.02. The molecular formula is C15H19N3O4. The van der Waals surface area contributed by atoms with E-state index in [0.717, 1.165) is 23.6 Å². The van der Waals surface area contributed by atoms with Gasteiger partial charge in [0, 0.05) is 50.9 Å². The number of carbonyl (C=O) groups excluding carboxylic acids is 2. The molecule has 2 amide bonds. The number of piperazine rings is 1. The molecule has 1 fully saturated rings.